The number of hydrogen-bond donors (Lipinski definition) is 1. The molecule has 1 aromatic rings. The lowest BCUT2D eigenvalue weighted by molar-refractivity contribution is 0.0892. The number of benzene rings is 1. The number of nitrogens with one attached hydrogen (secondary N) is 1. The molecule has 1 unspecified atom stereocenters. The molecule has 1 N–H and O–H groups in total. The first-order valence-electron chi connectivity index (χ1n) is 5.93. The SMILES string of the molecule is CN(NC(=O)c1ccccc1)S(=O)(=O)C1CCOC1. The Balaban J connectivity index is 2.04. The summed E-state index contributed by atoms with van der Waals surface area (Å²) in [5.74, 6) is -0.453. The Bertz CT molecular complexity index is 538. The van der Waals surface area contributed by atoms with E-state index in [1.165, 1.54) is 7.05 Å². The van der Waals surface area contributed by atoms with Crippen molar-refractivity contribution in [1.82, 2.24) is 9.84 Å². The molecule has 19 heavy (non-hydrogen) atoms. The number of rotatable bonds is 4. The van der Waals surface area contributed by atoms with Crippen LogP contribution >= 0.6 is 0 Å². The van der Waals surface area contributed by atoms with Crippen molar-refractivity contribution in [1.29, 1.82) is 0 Å². The van der Waals surface area contributed by atoms with Gasteiger partial charge in [0.05, 0.1) is 6.61 Å². The molecule has 1 heterocycles. The molecule has 1 aliphatic heterocycles. The van der Waals surface area contributed by atoms with E-state index < -0.39 is 21.2 Å². The highest BCUT2D eigenvalue weighted by Gasteiger charge is 2.33. The van der Waals surface area contributed by atoms with Gasteiger partial charge in [-0.1, -0.05) is 18.2 Å². The molecule has 1 saturated heterocycles. The van der Waals surface area contributed by atoms with E-state index in [1.807, 2.05) is 0 Å². The third kappa shape index (κ3) is 3.12. The summed E-state index contributed by atoms with van der Waals surface area (Å²) < 4.78 is 30.2. The predicted octanol–water partition coefficient (Wildman–Crippen LogP) is 0.382. The predicted molar refractivity (Wildman–Crippen MR) is 69.8 cm³/mol. The van der Waals surface area contributed by atoms with Crippen LogP contribution in [0.25, 0.3) is 0 Å². The van der Waals surface area contributed by atoms with Gasteiger partial charge in [-0.3, -0.25) is 10.2 Å². The molecule has 0 saturated carbocycles. The highest BCUT2D eigenvalue weighted by Crippen LogP contribution is 2.16. The summed E-state index contributed by atoms with van der Waals surface area (Å²) in [6, 6.07) is 8.46. The molecule has 104 valence electrons. The molecule has 0 aliphatic carbocycles. The fourth-order valence-electron chi connectivity index (χ4n) is 1.83. The Morgan fingerprint density at radius 2 is 2.05 bits per heavy atom. The van der Waals surface area contributed by atoms with Crippen molar-refractivity contribution < 1.29 is 17.9 Å². The normalized spacial score (nSPS) is 19.6. The molecule has 1 aromatic carbocycles. The van der Waals surface area contributed by atoms with Crippen LogP contribution in [0.4, 0.5) is 0 Å². The average molecular weight is 284 g/mol. The van der Waals surface area contributed by atoms with Gasteiger partial charge in [0.2, 0.25) is 10.0 Å². The maximum atomic E-state index is 12.1. The smallest absolute Gasteiger partial charge is 0.266 e. The quantitative estimate of drug-likeness (QED) is 0.811. The second kappa shape index (κ2) is 5.68. The molecule has 0 aromatic heterocycles. The van der Waals surface area contributed by atoms with Gasteiger partial charge >= 0.3 is 0 Å². The van der Waals surface area contributed by atoms with E-state index in [-0.39, 0.29) is 6.61 Å². The first-order chi connectivity index (χ1) is 9.01. The number of carbonyl (C=O) groups excluding carboxylic acids is 1. The van der Waals surface area contributed by atoms with Crippen molar-refractivity contribution in [2.45, 2.75) is 11.7 Å². The number of amides is 1. The summed E-state index contributed by atoms with van der Waals surface area (Å²) >= 11 is 0. The van der Waals surface area contributed by atoms with Crippen molar-refractivity contribution >= 4 is 15.9 Å². The van der Waals surface area contributed by atoms with E-state index in [1.54, 1.807) is 30.3 Å². The number of hydrazine groups is 1. The summed E-state index contributed by atoms with van der Waals surface area (Å²) in [5.41, 5.74) is 2.77. The molecule has 7 heteroatoms. The second-order valence-electron chi connectivity index (χ2n) is 4.30. The van der Waals surface area contributed by atoms with Crippen molar-refractivity contribution in [3.05, 3.63) is 35.9 Å². The zero-order valence-electron chi connectivity index (χ0n) is 10.6. The van der Waals surface area contributed by atoms with Crippen LogP contribution in [0.15, 0.2) is 30.3 Å². The molecule has 0 radical (unpaired) electrons. The molecule has 6 nitrogen and oxygen atoms in total. The lowest BCUT2D eigenvalue weighted by Crippen LogP contribution is -2.47. The third-order valence-electron chi connectivity index (χ3n) is 2.99. The maximum Gasteiger partial charge on any atom is 0.266 e. The molecule has 1 amide bonds. The van der Waals surface area contributed by atoms with Gasteiger partial charge in [-0.2, -0.15) is 0 Å². The minimum Gasteiger partial charge on any atom is -0.380 e. The van der Waals surface area contributed by atoms with Gasteiger partial charge in [0, 0.05) is 19.2 Å². The summed E-state index contributed by atoms with van der Waals surface area (Å²) in [7, 11) is -2.24. The van der Waals surface area contributed by atoms with E-state index in [0.29, 0.717) is 18.6 Å². The standard InChI is InChI=1S/C12H16N2O4S/c1-14(19(16,17)11-7-8-18-9-11)13-12(15)10-5-3-2-4-6-10/h2-6,11H,7-9H2,1H3,(H,13,15). The Kier molecular flexibility index (Phi) is 4.18. The molecule has 1 fully saturated rings. The average Bonchev–Trinajstić information content (AvgIpc) is 2.94. The van der Waals surface area contributed by atoms with Gasteiger partial charge < -0.3 is 4.74 Å². The monoisotopic (exact) mass is 284 g/mol. The zero-order chi connectivity index (χ0) is 13.9. The summed E-state index contributed by atoms with van der Waals surface area (Å²) in [4.78, 5) is 11.9. The van der Waals surface area contributed by atoms with Crippen LogP contribution in [0.1, 0.15) is 16.8 Å². The minimum absolute atomic E-state index is 0.174. The lowest BCUT2D eigenvalue weighted by Gasteiger charge is -2.21. The second-order valence-corrected chi connectivity index (χ2v) is 6.55. The van der Waals surface area contributed by atoms with Crippen LogP contribution in [0, 0.1) is 0 Å². The lowest BCUT2D eigenvalue weighted by atomic mass is 10.2. The van der Waals surface area contributed by atoms with Crippen molar-refractivity contribution in [3.8, 4) is 0 Å². The molecular formula is C12H16N2O4S. The molecule has 2 rings (SSSR count). The Morgan fingerprint density at radius 3 is 2.63 bits per heavy atom. The molecule has 0 spiro atoms. The van der Waals surface area contributed by atoms with Crippen LogP contribution in [0.3, 0.4) is 0 Å². The van der Waals surface area contributed by atoms with Crippen LogP contribution in [-0.4, -0.2) is 44.3 Å². The summed E-state index contributed by atoms with van der Waals surface area (Å²) in [5, 5.41) is -0.589. The highest BCUT2D eigenvalue weighted by atomic mass is 32.2. The van der Waals surface area contributed by atoms with Gasteiger partial charge in [0.1, 0.15) is 5.25 Å². The van der Waals surface area contributed by atoms with Gasteiger partial charge in [0.15, 0.2) is 0 Å². The maximum absolute atomic E-state index is 12.1. The molecule has 1 aliphatic rings. The Hall–Kier alpha value is -1.44. The number of sulfonamides is 1. The van der Waals surface area contributed by atoms with E-state index in [4.69, 9.17) is 4.74 Å². The zero-order valence-corrected chi connectivity index (χ0v) is 11.4. The largest absolute Gasteiger partial charge is 0.380 e. The minimum atomic E-state index is -3.57. The summed E-state index contributed by atoms with van der Waals surface area (Å²) in [6.45, 7) is 0.609. The molecule has 0 bridgehead atoms. The van der Waals surface area contributed by atoms with Gasteiger partial charge in [-0.25, -0.2) is 8.42 Å². The number of hydrogen-bond acceptors (Lipinski definition) is 4. The van der Waals surface area contributed by atoms with Crippen LogP contribution in [0.2, 0.25) is 0 Å². The summed E-state index contributed by atoms with van der Waals surface area (Å²) in [6.07, 6.45) is 0.452. The first-order valence-corrected chi connectivity index (χ1v) is 7.43. The van der Waals surface area contributed by atoms with Crippen LogP contribution in [-0.2, 0) is 14.8 Å². The van der Waals surface area contributed by atoms with Crippen LogP contribution in [0.5, 0.6) is 0 Å². The van der Waals surface area contributed by atoms with Gasteiger partial charge in [-0.05, 0) is 18.6 Å². The Morgan fingerprint density at radius 1 is 1.37 bits per heavy atom. The topological polar surface area (TPSA) is 75.7 Å². The van der Waals surface area contributed by atoms with E-state index >= 15 is 0 Å². The van der Waals surface area contributed by atoms with E-state index in [9.17, 15) is 13.2 Å². The molecular weight excluding hydrogens is 268 g/mol. The number of carbonyl (C=O) groups is 1. The molecule has 1 atom stereocenters. The highest BCUT2D eigenvalue weighted by molar-refractivity contribution is 7.89. The fraction of sp³-hybridized carbons (Fsp3) is 0.417. The first kappa shape index (κ1) is 14.0. The van der Waals surface area contributed by atoms with Gasteiger partial charge in [-0.15, -0.1) is 4.41 Å². The third-order valence-corrected chi connectivity index (χ3v) is 5.05. The number of ether oxygens (including phenoxy) is 1. The fourth-order valence-corrected chi connectivity index (χ4v) is 3.15. The van der Waals surface area contributed by atoms with Crippen molar-refractivity contribution in [3.63, 3.8) is 0 Å². The number of nitrogens with zero attached hydrogens (tertiary/aromatic N) is 1. The van der Waals surface area contributed by atoms with Crippen molar-refractivity contribution in [2.75, 3.05) is 20.3 Å². The van der Waals surface area contributed by atoms with Crippen molar-refractivity contribution in [2.24, 2.45) is 0 Å². The van der Waals surface area contributed by atoms with Crippen LogP contribution < -0.4 is 5.43 Å². The Labute approximate surface area is 112 Å². The van der Waals surface area contributed by atoms with E-state index in [0.717, 1.165) is 4.41 Å². The van der Waals surface area contributed by atoms with Gasteiger partial charge in [0.25, 0.3) is 5.91 Å². The van der Waals surface area contributed by atoms with E-state index in [2.05, 4.69) is 5.43 Å².